The minimum absolute atomic E-state index is 0.000579. The molecule has 0 aliphatic carbocycles. The Morgan fingerprint density at radius 2 is 2.10 bits per heavy atom. The van der Waals surface area contributed by atoms with Gasteiger partial charge in [0, 0.05) is 0 Å². The van der Waals surface area contributed by atoms with E-state index in [9.17, 15) is 3.74 Å². The molecule has 0 aliphatic rings. The molecule has 2 N–H and O–H groups in total. The summed E-state index contributed by atoms with van der Waals surface area (Å²) in [5, 5.41) is 0. The molecule has 0 fully saturated rings. The van der Waals surface area contributed by atoms with Crippen LogP contribution in [0.5, 0.6) is 0 Å². The van der Waals surface area contributed by atoms with Crippen molar-refractivity contribution in [1.29, 1.82) is 0 Å². The molecule has 0 amide bonds. The Bertz CT molecular complexity index is 251. The first-order valence-corrected chi connectivity index (χ1v) is 6.02. The molecule has 0 bridgehead atoms. The van der Waals surface area contributed by atoms with Crippen molar-refractivity contribution in [2.75, 3.05) is 0 Å². The van der Waals surface area contributed by atoms with Crippen LogP contribution >= 0.6 is 0 Å². The van der Waals surface area contributed by atoms with Crippen molar-refractivity contribution in [3.8, 4) is 0 Å². The molecule has 1 rings (SSSR count). The molecule has 1 radical (unpaired) electrons. The zero-order valence-corrected chi connectivity index (χ0v) is 6.94. The third kappa shape index (κ3) is 1.74. The van der Waals surface area contributed by atoms with Gasteiger partial charge in [-0.15, -0.1) is 0 Å². The summed E-state index contributed by atoms with van der Waals surface area (Å²) in [7, 11) is 0. The molecule has 1 aromatic rings. The molecule has 0 unspecified atom stereocenters. The Hall–Kier alpha value is -0.502. The molecule has 1 aromatic carbocycles. The van der Waals surface area contributed by atoms with Crippen LogP contribution in [0.25, 0.3) is 0 Å². The van der Waals surface area contributed by atoms with Gasteiger partial charge in [0.15, 0.2) is 0 Å². The normalized spacial score (nSPS) is 11.4. The van der Waals surface area contributed by atoms with Crippen molar-refractivity contribution in [2.24, 2.45) is 0 Å². The van der Waals surface area contributed by atoms with E-state index < -0.39 is 14.2 Å². The Kier molecular flexibility index (Phi) is 1.99. The van der Waals surface area contributed by atoms with Crippen LogP contribution in [0, 0.1) is 6.07 Å². The Morgan fingerprint density at radius 3 is 2.40 bits per heavy atom. The van der Waals surface area contributed by atoms with Crippen LogP contribution in [0.4, 0.5) is 0 Å². The summed E-state index contributed by atoms with van der Waals surface area (Å²) in [6.45, 7) is 0. The van der Waals surface area contributed by atoms with Gasteiger partial charge in [0.25, 0.3) is 0 Å². The zero-order chi connectivity index (χ0) is 7.61. The predicted molar refractivity (Wildman–Crippen MR) is 35.8 cm³/mol. The van der Waals surface area contributed by atoms with Crippen molar-refractivity contribution in [3.63, 3.8) is 0 Å². The van der Waals surface area contributed by atoms with Gasteiger partial charge >= 0.3 is 60.8 Å². The van der Waals surface area contributed by atoms with E-state index in [1.165, 1.54) is 12.1 Å². The summed E-state index contributed by atoms with van der Waals surface area (Å²) in [4.78, 5) is 0. The number of hydrogen-bond acceptors (Lipinski definition) is 1. The van der Waals surface area contributed by atoms with Crippen LogP contribution in [-0.2, 0) is 3.74 Å². The van der Waals surface area contributed by atoms with Gasteiger partial charge in [-0.3, -0.25) is 0 Å². The average molecular weight is 201 g/mol. The fourth-order valence-electron chi connectivity index (χ4n) is 0.565. The maximum absolute atomic E-state index is 10.6. The van der Waals surface area contributed by atoms with E-state index in [4.69, 9.17) is 8.19 Å². The molecule has 10 heavy (non-hydrogen) atoms. The van der Waals surface area contributed by atoms with Crippen LogP contribution < -0.4 is 4.35 Å². The van der Waals surface area contributed by atoms with Gasteiger partial charge in [0.1, 0.15) is 0 Å². The summed E-state index contributed by atoms with van der Waals surface area (Å²) in [6, 6.07) is 8.57. The van der Waals surface area contributed by atoms with Gasteiger partial charge in [0.2, 0.25) is 0 Å². The molecule has 0 aliphatic heterocycles. The Labute approximate surface area is 61.3 Å². The first-order valence-electron chi connectivity index (χ1n) is 2.63. The van der Waals surface area contributed by atoms with Gasteiger partial charge in [0.05, 0.1) is 0 Å². The molecule has 0 saturated carbocycles. The fraction of sp³-hybridized carbons (Fsp3) is 0. The standard InChI is InChI=1S/C6H6AsO3/c8-7(9,10)6-4-2-1-3-5-6/h1-4H,(H2,8,9,10). The second-order valence-electron chi connectivity index (χ2n) is 1.79. The molecule has 4 heteroatoms. The number of hydrogen-bond donors (Lipinski definition) is 2. The minimum atomic E-state index is -4.65. The van der Waals surface area contributed by atoms with E-state index in [-0.39, 0.29) is 4.35 Å². The summed E-state index contributed by atoms with van der Waals surface area (Å²) in [5.74, 6) is 0. The maximum atomic E-state index is 10.6. The first kappa shape index (κ1) is 7.60. The van der Waals surface area contributed by atoms with Crippen molar-refractivity contribution >= 4 is 18.5 Å². The van der Waals surface area contributed by atoms with Crippen LogP contribution in [0.1, 0.15) is 0 Å². The summed E-state index contributed by atoms with van der Waals surface area (Å²) in [6.07, 6.45) is 0. The van der Waals surface area contributed by atoms with Crippen LogP contribution in [0.3, 0.4) is 0 Å². The third-order valence-electron chi connectivity index (χ3n) is 1.01. The molecule has 0 spiro atoms. The van der Waals surface area contributed by atoms with E-state index in [0.29, 0.717) is 0 Å². The van der Waals surface area contributed by atoms with E-state index in [0.717, 1.165) is 0 Å². The molecular weight excluding hydrogens is 195 g/mol. The van der Waals surface area contributed by atoms with Crippen LogP contribution in [0.15, 0.2) is 24.3 Å². The zero-order valence-electron chi connectivity index (χ0n) is 5.06. The van der Waals surface area contributed by atoms with Crippen molar-refractivity contribution in [1.82, 2.24) is 0 Å². The number of rotatable bonds is 1. The Balaban J connectivity index is 3.09. The second kappa shape index (κ2) is 2.62. The monoisotopic (exact) mass is 201 g/mol. The van der Waals surface area contributed by atoms with E-state index in [1.54, 1.807) is 12.1 Å². The van der Waals surface area contributed by atoms with Gasteiger partial charge in [-0.05, 0) is 0 Å². The second-order valence-corrected chi connectivity index (χ2v) is 5.09. The molecule has 0 heterocycles. The summed E-state index contributed by atoms with van der Waals surface area (Å²) in [5.41, 5.74) is 0. The first-order chi connectivity index (χ1) is 4.61. The fourth-order valence-corrected chi connectivity index (χ4v) is 1.66. The molecule has 0 saturated heterocycles. The molecular formula is C6H6AsO3. The summed E-state index contributed by atoms with van der Waals surface area (Å²) < 4.78 is 27.8. The Morgan fingerprint density at radius 1 is 1.40 bits per heavy atom. The van der Waals surface area contributed by atoms with Gasteiger partial charge < -0.3 is 0 Å². The van der Waals surface area contributed by atoms with E-state index in [2.05, 4.69) is 6.07 Å². The number of benzene rings is 1. The molecule has 0 aromatic heterocycles. The third-order valence-corrected chi connectivity index (χ3v) is 2.91. The van der Waals surface area contributed by atoms with E-state index >= 15 is 0 Å². The van der Waals surface area contributed by atoms with Gasteiger partial charge in [-0.25, -0.2) is 0 Å². The summed E-state index contributed by atoms with van der Waals surface area (Å²) >= 11 is -4.65. The predicted octanol–water partition coefficient (Wildman–Crippen LogP) is -0.952. The molecule has 53 valence electrons. The van der Waals surface area contributed by atoms with Crippen molar-refractivity contribution in [3.05, 3.63) is 30.3 Å². The topological polar surface area (TPSA) is 57.5 Å². The average Bonchev–Trinajstić information content (AvgIpc) is 1.88. The molecule has 3 nitrogen and oxygen atoms in total. The quantitative estimate of drug-likeness (QED) is 0.576. The van der Waals surface area contributed by atoms with Crippen LogP contribution in [0.2, 0.25) is 0 Å². The SMILES string of the molecule is O=[As](O)(O)c1[c]cccc1. The van der Waals surface area contributed by atoms with Crippen molar-refractivity contribution in [2.45, 2.75) is 0 Å². The van der Waals surface area contributed by atoms with Crippen LogP contribution in [-0.4, -0.2) is 22.4 Å². The van der Waals surface area contributed by atoms with Crippen molar-refractivity contribution < 1.29 is 11.9 Å². The van der Waals surface area contributed by atoms with Gasteiger partial charge in [-0.1, -0.05) is 0 Å². The van der Waals surface area contributed by atoms with Gasteiger partial charge in [-0.2, -0.15) is 0 Å². The molecule has 0 atom stereocenters. The van der Waals surface area contributed by atoms with E-state index in [1.807, 2.05) is 0 Å².